The minimum absolute atomic E-state index is 0. The molecule has 0 aromatic rings. The van der Waals surface area contributed by atoms with Gasteiger partial charge in [-0.2, -0.15) is 0 Å². The van der Waals surface area contributed by atoms with Crippen molar-refractivity contribution in [1.82, 2.24) is 5.32 Å². The maximum Gasteiger partial charge on any atom is 0.317 e. The van der Waals surface area contributed by atoms with Crippen molar-refractivity contribution in [1.29, 1.82) is 0 Å². The molecule has 5 nitrogen and oxygen atoms in total. The zero-order chi connectivity index (χ0) is 16.0. The number of halogens is 1. The highest BCUT2D eigenvalue weighted by atomic mass is 35.5. The van der Waals surface area contributed by atoms with Crippen LogP contribution >= 0.6 is 12.4 Å². The lowest BCUT2D eigenvalue weighted by Crippen LogP contribution is -2.62. The lowest BCUT2D eigenvalue weighted by molar-refractivity contribution is -0.136. The van der Waals surface area contributed by atoms with Crippen molar-refractivity contribution in [2.75, 3.05) is 6.54 Å². The molecule has 0 radical (unpaired) electrons. The predicted octanol–water partition coefficient (Wildman–Crippen LogP) is 3.35. The minimum Gasteiger partial charge on any atom is -0.480 e. The quantitative estimate of drug-likeness (QED) is 0.271. The second-order valence-electron chi connectivity index (χ2n) is 6.07. The van der Waals surface area contributed by atoms with Crippen molar-refractivity contribution < 1.29 is 9.90 Å². The molecule has 0 heterocycles. The summed E-state index contributed by atoms with van der Waals surface area (Å²) in [4.78, 5) is 10.4. The molecular formula is C16H36ClN3O2. The minimum atomic E-state index is -1.06. The molecule has 0 saturated heterocycles. The molecule has 0 unspecified atom stereocenters. The molecule has 134 valence electrons. The van der Waals surface area contributed by atoms with E-state index in [9.17, 15) is 4.79 Å². The second kappa shape index (κ2) is 15.5. The van der Waals surface area contributed by atoms with E-state index in [1.54, 1.807) is 0 Å². The van der Waals surface area contributed by atoms with E-state index >= 15 is 0 Å². The van der Waals surface area contributed by atoms with E-state index in [1.807, 2.05) is 0 Å². The Balaban J connectivity index is 0. The topological polar surface area (TPSA) is 101 Å². The molecule has 0 atom stereocenters. The van der Waals surface area contributed by atoms with Crippen molar-refractivity contribution in [2.45, 2.75) is 89.8 Å². The van der Waals surface area contributed by atoms with Crippen LogP contribution in [0.1, 0.15) is 84.0 Å². The fraction of sp³-hybridized carbons (Fsp3) is 0.938. The van der Waals surface area contributed by atoms with Crippen LogP contribution in [0.15, 0.2) is 0 Å². The molecular weight excluding hydrogens is 302 g/mol. The molecule has 0 aliphatic heterocycles. The van der Waals surface area contributed by atoms with Gasteiger partial charge in [0.05, 0.1) is 6.54 Å². The summed E-state index contributed by atoms with van der Waals surface area (Å²) in [6, 6.07) is 0. The van der Waals surface area contributed by atoms with Gasteiger partial charge in [-0.25, -0.2) is 0 Å². The van der Waals surface area contributed by atoms with Crippen LogP contribution in [0.4, 0.5) is 0 Å². The number of hydrogen-bond donors (Lipinski definition) is 4. The summed E-state index contributed by atoms with van der Waals surface area (Å²) in [5, 5.41) is 11.2. The number of nitrogens with one attached hydrogen (secondary N) is 1. The van der Waals surface area contributed by atoms with E-state index < -0.39 is 11.8 Å². The predicted molar refractivity (Wildman–Crippen MR) is 95.1 cm³/mol. The van der Waals surface area contributed by atoms with E-state index in [2.05, 4.69) is 12.2 Å². The summed E-state index contributed by atoms with van der Waals surface area (Å²) in [5.41, 5.74) is 11.6. The molecule has 0 aliphatic carbocycles. The average molecular weight is 338 g/mol. The first kappa shape index (κ1) is 23.9. The van der Waals surface area contributed by atoms with Crippen molar-refractivity contribution in [3.63, 3.8) is 0 Å². The molecule has 0 bridgehead atoms. The monoisotopic (exact) mass is 337 g/mol. The van der Waals surface area contributed by atoms with E-state index in [1.165, 1.54) is 57.8 Å². The third kappa shape index (κ3) is 17.7. The zero-order valence-electron chi connectivity index (χ0n) is 14.1. The van der Waals surface area contributed by atoms with Crippen molar-refractivity contribution >= 4 is 18.4 Å². The van der Waals surface area contributed by atoms with E-state index in [-0.39, 0.29) is 19.0 Å². The Hall–Kier alpha value is -0.360. The number of carboxylic acids is 1. The van der Waals surface area contributed by atoms with Gasteiger partial charge in [0, 0.05) is 0 Å². The summed E-state index contributed by atoms with van der Waals surface area (Å²) >= 11 is 0. The van der Waals surface area contributed by atoms with Crippen molar-refractivity contribution in [3.05, 3.63) is 0 Å². The van der Waals surface area contributed by atoms with Gasteiger partial charge in [-0.3, -0.25) is 10.1 Å². The van der Waals surface area contributed by atoms with Crippen LogP contribution in [0.5, 0.6) is 0 Å². The maximum absolute atomic E-state index is 10.4. The summed E-state index contributed by atoms with van der Waals surface area (Å²) in [6.45, 7) is 2.06. The second-order valence-corrected chi connectivity index (χ2v) is 6.07. The molecule has 0 fully saturated rings. The summed E-state index contributed by atoms with van der Waals surface area (Å²) in [5.74, 6) is -1.99. The molecule has 22 heavy (non-hydrogen) atoms. The summed E-state index contributed by atoms with van der Waals surface area (Å²) < 4.78 is 0. The van der Waals surface area contributed by atoms with Crippen LogP contribution in [0.25, 0.3) is 0 Å². The van der Waals surface area contributed by atoms with Gasteiger partial charge in [-0.1, -0.05) is 71.1 Å². The number of aliphatic carboxylic acids is 1. The molecule has 0 saturated carbocycles. The van der Waals surface area contributed by atoms with Gasteiger partial charge in [0.1, 0.15) is 5.79 Å². The van der Waals surface area contributed by atoms with Gasteiger partial charge >= 0.3 is 5.97 Å². The van der Waals surface area contributed by atoms with E-state index in [4.69, 9.17) is 16.6 Å². The van der Waals surface area contributed by atoms with Gasteiger partial charge in [0.2, 0.25) is 0 Å². The SMILES string of the molecule is CCCCCCCCCCCCCC(N)(N)NCC(=O)O.Cl. The first-order chi connectivity index (χ1) is 9.98. The number of rotatable bonds is 15. The Morgan fingerprint density at radius 3 is 1.73 bits per heavy atom. The highest BCUT2D eigenvalue weighted by molar-refractivity contribution is 5.85. The van der Waals surface area contributed by atoms with Crippen molar-refractivity contribution in [3.8, 4) is 0 Å². The van der Waals surface area contributed by atoms with Crippen LogP contribution in [0, 0.1) is 0 Å². The molecule has 0 spiro atoms. The Kier molecular flexibility index (Phi) is 16.9. The Bertz CT molecular complexity index is 264. The molecule has 6 N–H and O–H groups in total. The van der Waals surface area contributed by atoms with E-state index in [0.29, 0.717) is 6.42 Å². The first-order valence-electron chi connectivity index (χ1n) is 8.52. The fourth-order valence-corrected chi connectivity index (χ4v) is 2.41. The van der Waals surface area contributed by atoms with Crippen LogP contribution < -0.4 is 16.8 Å². The third-order valence-electron chi connectivity index (χ3n) is 3.76. The van der Waals surface area contributed by atoms with Gasteiger partial charge < -0.3 is 16.6 Å². The lowest BCUT2D eigenvalue weighted by atomic mass is 10.0. The number of nitrogens with two attached hydrogens (primary N) is 2. The Labute approximate surface area is 142 Å². The number of hydrogen-bond acceptors (Lipinski definition) is 4. The highest BCUT2D eigenvalue weighted by Crippen LogP contribution is 2.12. The van der Waals surface area contributed by atoms with Gasteiger partial charge in [-0.05, 0) is 12.8 Å². The number of unbranched alkanes of at least 4 members (excludes halogenated alkanes) is 10. The first-order valence-corrected chi connectivity index (χ1v) is 8.52. The number of carboxylic acid groups (broad SMARTS) is 1. The average Bonchev–Trinajstić information content (AvgIpc) is 2.43. The molecule has 0 rings (SSSR count). The fourth-order valence-electron chi connectivity index (χ4n) is 2.41. The van der Waals surface area contributed by atoms with Crippen LogP contribution in [-0.2, 0) is 4.79 Å². The van der Waals surface area contributed by atoms with E-state index in [0.717, 1.165) is 12.8 Å². The van der Waals surface area contributed by atoms with Gasteiger partial charge in [0.25, 0.3) is 0 Å². The Morgan fingerprint density at radius 2 is 1.32 bits per heavy atom. The van der Waals surface area contributed by atoms with Crippen LogP contribution in [0.3, 0.4) is 0 Å². The van der Waals surface area contributed by atoms with Gasteiger partial charge in [0.15, 0.2) is 0 Å². The lowest BCUT2D eigenvalue weighted by Gasteiger charge is -2.25. The standard InChI is InChI=1S/C16H35N3O2.ClH/c1-2-3-4-5-6-7-8-9-10-11-12-13-16(17,18)19-14-15(20)21;/h19H,2-14,17-18H2,1H3,(H,20,21);1H. The number of carbonyl (C=O) groups is 1. The summed E-state index contributed by atoms with van der Waals surface area (Å²) in [6.07, 6.45) is 14.6. The van der Waals surface area contributed by atoms with Crippen LogP contribution in [-0.4, -0.2) is 23.4 Å². The highest BCUT2D eigenvalue weighted by Gasteiger charge is 2.18. The molecule has 6 heteroatoms. The molecule has 0 aliphatic rings. The molecule has 0 amide bonds. The normalized spacial score (nSPS) is 11.2. The smallest absolute Gasteiger partial charge is 0.317 e. The zero-order valence-corrected chi connectivity index (χ0v) is 14.9. The maximum atomic E-state index is 10.4. The Morgan fingerprint density at radius 1 is 0.909 bits per heavy atom. The molecule has 0 aromatic carbocycles. The largest absolute Gasteiger partial charge is 0.480 e. The van der Waals surface area contributed by atoms with Gasteiger partial charge in [-0.15, -0.1) is 12.4 Å². The third-order valence-corrected chi connectivity index (χ3v) is 3.76. The molecule has 0 aromatic heterocycles. The summed E-state index contributed by atoms with van der Waals surface area (Å²) in [7, 11) is 0. The van der Waals surface area contributed by atoms with Crippen molar-refractivity contribution in [2.24, 2.45) is 11.5 Å². The van der Waals surface area contributed by atoms with Crippen LogP contribution in [0.2, 0.25) is 0 Å².